The Kier molecular flexibility index (Phi) is 14.5. The Balaban J connectivity index is 0. The van der Waals surface area contributed by atoms with Crippen LogP contribution in [0.4, 0.5) is 5.69 Å². The van der Waals surface area contributed by atoms with Crippen LogP contribution in [0.15, 0.2) is 36.5 Å². The first-order chi connectivity index (χ1) is 12.3. The van der Waals surface area contributed by atoms with Crippen molar-refractivity contribution in [1.82, 2.24) is 4.90 Å². The van der Waals surface area contributed by atoms with E-state index >= 15 is 0 Å². The van der Waals surface area contributed by atoms with Crippen molar-refractivity contribution < 1.29 is 15.0 Å². The molecule has 5 nitrogen and oxygen atoms in total. The zero-order valence-corrected chi connectivity index (χ0v) is 17.7. The molecule has 1 amide bonds. The predicted octanol–water partition coefficient (Wildman–Crippen LogP) is 3.99. The van der Waals surface area contributed by atoms with E-state index in [0.29, 0.717) is 5.92 Å². The third-order valence-electron chi connectivity index (χ3n) is 3.75. The maximum absolute atomic E-state index is 11.6. The highest BCUT2D eigenvalue weighted by Crippen LogP contribution is 2.21. The molecule has 0 saturated carbocycles. The number of hydrogen-bond acceptors (Lipinski definition) is 4. The van der Waals surface area contributed by atoms with Gasteiger partial charge in [0.2, 0.25) is 0 Å². The molecule has 3 unspecified atom stereocenters. The third kappa shape index (κ3) is 8.50. The molecule has 0 fully saturated rings. The summed E-state index contributed by atoms with van der Waals surface area (Å²) in [6, 6.07) is 7.80. The zero-order chi connectivity index (χ0) is 20.9. The van der Waals surface area contributed by atoms with Crippen molar-refractivity contribution in [3.8, 4) is 0 Å². The molecule has 1 aromatic carbocycles. The lowest BCUT2D eigenvalue weighted by molar-refractivity contribution is -0.142. The van der Waals surface area contributed by atoms with Gasteiger partial charge >= 0.3 is 0 Å². The van der Waals surface area contributed by atoms with E-state index in [1.54, 1.807) is 0 Å². The minimum atomic E-state index is -1.53. The van der Waals surface area contributed by atoms with Gasteiger partial charge < -0.3 is 20.4 Å². The second kappa shape index (κ2) is 14.3. The van der Waals surface area contributed by atoms with Crippen molar-refractivity contribution >= 4 is 11.6 Å². The Bertz CT molecular complexity index is 512. The molecule has 26 heavy (non-hydrogen) atoms. The van der Waals surface area contributed by atoms with E-state index in [4.69, 9.17) is 0 Å². The first-order valence-corrected chi connectivity index (χ1v) is 9.41. The van der Waals surface area contributed by atoms with Gasteiger partial charge in [0, 0.05) is 25.5 Å². The second-order valence-corrected chi connectivity index (χ2v) is 5.70. The number of hydrogen-bond donors (Lipinski definition) is 3. The van der Waals surface area contributed by atoms with E-state index in [0.717, 1.165) is 12.1 Å². The Morgan fingerprint density at radius 3 is 1.92 bits per heavy atom. The van der Waals surface area contributed by atoms with Gasteiger partial charge in [-0.3, -0.25) is 4.79 Å². The average Bonchev–Trinajstić information content (AvgIpc) is 2.69. The van der Waals surface area contributed by atoms with Gasteiger partial charge in [-0.05, 0) is 30.0 Å². The maximum atomic E-state index is 11.6. The molecule has 0 aliphatic rings. The summed E-state index contributed by atoms with van der Waals surface area (Å²) in [6.45, 7) is 16.0. The van der Waals surface area contributed by atoms with E-state index in [9.17, 15) is 15.0 Å². The summed E-state index contributed by atoms with van der Waals surface area (Å²) in [6.07, 6.45) is -1.84. The molecule has 3 N–H and O–H groups in total. The average molecular weight is 367 g/mol. The fourth-order valence-electron chi connectivity index (χ4n) is 1.98. The van der Waals surface area contributed by atoms with E-state index in [1.807, 2.05) is 52.0 Å². The smallest absolute Gasteiger partial charge is 0.254 e. The van der Waals surface area contributed by atoms with Crippen LogP contribution in [0.5, 0.6) is 0 Å². The van der Waals surface area contributed by atoms with E-state index in [-0.39, 0.29) is 5.70 Å². The quantitative estimate of drug-likeness (QED) is 0.682. The minimum absolute atomic E-state index is 0.180. The molecular weight excluding hydrogens is 328 g/mol. The monoisotopic (exact) mass is 366 g/mol. The second-order valence-electron chi connectivity index (χ2n) is 5.70. The number of rotatable bonds is 7. The molecule has 1 rings (SSSR count). The molecule has 1 aromatic rings. The van der Waals surface area contributed by atoms with Crippen LogP contribution in [-0.4, -0.2) is 47.3 Å². The van der Waals surface area contributed by atoms with Crippen LogP contribution in [0, 0.1) is 0 Å². The van der Waals surface area contributed by atoms with E-state index in [2.05, 4.69) is 25.7 Å². The van der Waals surface area contributed by atoms with Crippen LogP contribution in [0.1, 0.15) is 59.4 Å². The van der Waals surface area contributed by atoms with Crippen molar-refractivity contribution in [2.45, 2.75) is 66.1 Å². The van der Waals surface area contributed by atoms with Crippen LogP contribution in [-0.2, 0) is 4.79 Å². The number of amides is 1. The maximum Gasteiger partial charge on any atom is 0.254 e. The fraction of sp³-hybridized carbons (Fsp3) is 0.571. The molecule has 0 spiro atoms. The van der Waals surface area contributed by atoms with E-state index in [1.165, 1.54) is 24.6 Å². The molecule has 0 bridgehead atoms. The standard InChI is InChI=1S/C17H26N2O3.2C2H6/c1-6-11(2)13-7-9-14(10-8-13)18-12(3)15(20)16(21)17(22)19(4)5;2*1-2/h7-11,15-16,18,20-21H,3,6H2,1-2,4-5H3;2*1-2H3. The van der Waals surface area contributed by atoms with E-state index < -0.39 is 18.1 Å². The van der Waals surface area contributed by atoms with Crippen molar-refractivity contribution in [2.24, 2.45) is 0 Å². The first kappa shape index (κ1) is 26.4. The molecule has 150 valence electrons. The Hall–Kier alpha value is -1.85. The summed E-state index contributed by atoms with van der Waals surface area (Å²) >= 11 is 0. The Labute approximate surface area is 159 Å². The van der Waals surface area contributed by atoms with Gasteiger partial charge in [-0.25, -0.2) is 0 Å². The summed E-state index contributed by atoms with van der Waals surface area (Å²) in [7, 11) is 3.03. The lowest BCUT2D eigenvalue weighted by atomic mass is 9.98. The van der Waals surface area contributed by atoms with Gasteiger partial charge in [0.25, 0.3) is 5.91 Å². The van der Waals surface area contributed by atoms with Crippen LogP contribution in [0.3, 0.4) is 0 Å². The molecule has 0 heterocycles. The third-order valence-corrected chi connectivity index (χ3v) is 3.75. The number of aliphatic hydroxyl groups is 2. The number of carbonyl (C=O) groups excluding carboxylic acids is 1. The largest absolute Gasteiger partial charge is 0.384 e. The molecule has 5 heteroatoms. The van der Waals surface area contributed by atoms with Gasteiger partial charge in [0.05, 0.1) is 0 Å². The fourth-order valence-corrected chi connectivity index (χ4v) is 1.98. The highest BCUT2D eigenvalue weighted by Gasteiger charge is 2.27. The number of carbonyl (C=O) groups is 1. The number of benzene rings is 1. The van der Waals surface area contributed by atoms with Gasteiger partial charge in [0.1, 0.15) is 6.10 Å². The molecule has 0 aromatic heterocycles. The van der Waals surface area contributed by atoms with Crippen molar-refractivity contribution in [1.29, 1.82) is 0 Å². The first-order valence-electron chi connectivity index (χ1n) is 9.41. The predicted molar refractivity (Wildman–Crippen MR) is 111 cm³/mol. The topological polar surface area (TPSA) is 72.8 Å². The van der Waals surface area contributed by atoms with Gasteiger partial charge in [0.15, 0.2) is 6.10 Å². The molecular formula is C21H38N2O3. The van der Waals surface area contributed by atoms with Gasteiger partial charge in [-0.15, -0.1) is 0 Å². The van der Waals surface area contributed by atoms with Crippen molar-refractivity contribution in [3.05, 3.63) is 42.1 Å². The lowest BCUT2D eigenvalue weighted by Crippen LogP contribution is -2.43. The Morgan fingerprint density at radius 2 is 1.54 bits per heavy atom. The normalized spacial score (nSPS) is 13.0. The summed E-state index contributed by atoms with van der Waals surface area (Å²) in [5.41, 5.74) is 2.17. The Morgan fingerprint density at radius 1 is 1.08 bits per heavy atom. The highest BCUT2D eigenvalue weighted by molar-refractivity contribution is 5.81. The summed E-state index contributed by atoms with van der Waals surface area (Å²) in [5.74, 6) is -0.0788. The molecule has 3 atom stereocenters. The van der Waals surface area contributed by atoms with Gasteiger partial charge in [-0.1, -0.05) is 60.3 Å². The highest BCUT2D eigenvalue weighted by atomic mass is 16.3. The lowest BCUT2D eigenvalue weighted by Gasteiger charge is -2.23. The van der Waals surface area contributed by atoms with Crippen LogP contribution in [0.25, 0.3) is 0 Å². The molecule has 0 radical (unpaired) electrons. The number of anilines is 1. The molecule has 0 saturated heterocycles. The summed E-state index contributed by atoms with van der Waals surface area (Å²) < 4.78 is 0. The molecule has 0 aliphatic heterocycles. The van der Waals surface area contributed by atoms with Crippen molar-refractivity contribution in [3.63, 3.8) is 0 Å². The number of aliphatic hydroxyl groups excluding tert-OH is 2. The van der Waals surface area contributed by atoms with Crippen LogP contribution >= 0.6 is 0 Å². The van der Waals surface area contributed by atoms with Crippen molar-refractivity contribution in [2.75, 3.05) is 19.4 Å². The SMILES string of the molecule is C=C(Nc1ccc(C(C)CC)cc1)C(O)C(O)C(=O)N(C)C.CC.CC. The number of nitrogens with zero attached hydrogens (tertiary/aromatic N) is 1. The summed E-state index contributed by atoms with van der Waals surface area (Å²) in [4.78, 5) is 12.9. The minimum Gasteiger partial charge on any atom is -0.384 e. The number of nitrogens with one attached hydrogen (secondary N) is 1. The van der Waals surface area contributed by atoms with Gasteiger partial charge in [-0.2, -0.15) is 0 Å². The molecule has 0 aliphatic carbocycles. The van der Waals surface area contributed by atoms with Crippen LogP contribution < -0.4 is 5.32 Å². The van der Waals surface area contributed by atoms with Crippen LogP contribution in [0.2, 0.25) is 0 Å². The number of likely N-dealkylation sites (N-methyl/N-ethyl adjacent to an activating group) is 1. The zero-order valence-electron chi connectivity index (χ0n) is 17.7. The summed E-state index contributed by atoms with van der Waals surface area (Å²) in [5, 5.41) is 22.7.